The van der Waals surface area contributed by atoms with Crippen LogP contribution in [0.15, 0.2) is 18.2 Å². The van der Waals surface area contributed by atoms with Crippen LogP contribution < -0.4 is 5.32 Å². The highest BCUT2D eigenvalue weighted by molar-refractivity contribution is 6.31. The van der Waals surface area contributed by atoms with Gasteiger partial charge in [-0.15, -0.1) is 11.6 Å². The van der Waals surface area contributed by atoms with Crippen LogP contribution in [0.4, 0.5) is 18.9 Å². The molecule has 0 spiro atoms. The minimum absolute atomic E-state index is 0.00220. The molecule has 7 heteroatoms. The lowest BCUT2D eigenvalue weighted by atomic mass is 10.2. The van der Waals surface area contributed by atoms with E-state index in [1.807, 2.05) is 0 Å². The van der Waals surface area contributed by atoms with Crippen molar-refractivity contribution >= 4 is 34.8 Å². The normalized spacial score (nSPS) is 11.3. The highest BCUT2D eigenvalue weighted by Gasteiger charge is 2.33. The number of hydrogen-bond donors (Lipinski definition) is 1. The number of anilines is 1. The summed E-state index contributed by atoms with van der Waals surface area (Å²) in [6.45, 7) is 0. The standard InChI is InChI=1S/C9H6Cl2F3NO/c10-4-8(16)15-5-1-2-7(11)6(3-5)9(12,13)14/h1-3H,4H2,(H,15,16). The number of carbonyl (C=O) groups is 1. The Kier molecular flexibility index (Phi) is 4.04. The Morgan fingerprint density at radius 1 is 1.38 bits per heavy atom. The molecule has 2 nitrogen and oxygen atoms in total. The largest absolute Gasteiger partial charge is 0.417 e. The summed E-state index contributed by atoms with van der Waals surface area (Å²) in [5.41, 5.74) is -0.996. The molecular formula is C9H6Cl2F3NO. The molecule has 0 radical (unpaired) electrons. The molecule has 16 heavy (non-hydrogen) atoms. The summed E-state index contributed by atoms with van der Waals surface area (Å²) in [7, 11) is 0. The van der Waals surface area contributed by atoms with Gasteiger partial charge in [0.05, 0.1) is 10.6 Å². The average Bonchev–Trinajstić information content (AvgIpc) is 2.19. The number of rotatable bonds is 2. The molecule has 0 aliphatic carbocycles. The second kappa shape index (κ2) is 4.93. The van der Waals surface area contributed by atoms with Crippen molar-refractivity contribution in [1.82, 2.24) is 0 Å². The summed E-state index contributed by atoms with van der Waals surface area (Å²) in [6.07, 6.45) is -4.56. The lowest BCUT2D eigenvalue weighted by Crippen LogP contribution is -2.14. The molecule has 0 aromatic heterocycles. The Labute approximate surface area is 99.3 Å². The molecule has 0 saturated heterocycles. The quantitative estimate of drug-likeness (QED) is 0.820. The summed E-state index contributed by atoms with van der Waals surface area (Å²) in [5, 5.41) is 1.78. The molecule has 1 amide bonds. The van der Waals surface area contributed by atoms with Crippen molar-refractivity contribution in [3.63, 3.8) is 0 Å². The monoisotopic (exact) mass is 271 g/mol. The van der Waals surface area contributed by atoms with Crippen LogP contribution in [0.2, 0.25) is 5.02 Å². The van der Waals surface area contributed by atoms with Gasteiger partial charge in [-0.05, 0) is 18.2 Å². The molecule has 1 rings (SSSR count). The molecular weight excluding hydrogens is 266 g/mol. The van der Waals surface area contributed by atoms with Gasteiger partial charge < -0.3 is 5.32 Å². The Balaban J connectivity index is 3.03. The van der Waals surface area contributed by atoms with Crippen LogP contribution >= 0.6 is 23.2 Å². The van der Waals surface area contributed by atoms with Crippen LogP contribution in [0.25, 0.3) is 0 Å². The fourth-order valence-electron chi connectivity index (χ4n) is 1.01. The van der Waals surface area contributed by atoms with Gasteiger partial charge in [-0.1, -0.05) is 11.6 Å². The summed E-state index contributed by atoms with van der Waals surface area (Å²) in [4.78, 5) is 10.9. The van der Waals surface area contributed by atoms with Crippen molar-refractivity contribution in [2.75, 3.05) is 11.2 Å². The van der Waals surface area contributed by atoms with E-state index in [1.54, 1.807) is 0 Å². The molecule has 0 heterocycles. The zero-order chi connectivity index (χ0) is 12.3. The summed E-state index contributed by atoms with van der Waals surface area (Å²) in [5.74, 6) is -0.915. The number of benzene rings is 1. The molecule has 0 fully saturated rings. The number of amides is 1. The fraction of sp³-hybridized carbons (Fsp3) is 0.222. The van der Waals surface area contributed by atoms with Gasteiger partial charge in [0.15, 0.2) is 0 Å². The summed E-state index contributed by atoms with van der Waals surface area (Å²) in [6, 6.07) is 3.09. The third kappa shape index (κ3) is 3.28. The van der Waals surface area contributed by atoms with Gasteiger partial charge in [0.25, 0.3) is 0 Å². The summed E-state index contributed by atoms with van der Waals surface area (Å²) >= 11 is 10.6. The Morgan fingerprint density at radius 3 is 2.50 bits per heavy atom. The number of halogens is 5. The number of hydrogen-bond acceptors (Lipinski definition) is 1. The first-order valence-electron chi connectivity index (χ1n) is 4.07. The van der Waals surface area contributed by atoms with E-state index in [-0.39, 0.29) is 11.6 Å². The van der Waals surface area contributed by atoms with Gasteiger partial charge in [-0.2, -0.15) is 13.2 Å². The van der Waals surface area contributed by atoms with Crippen LogP contribution in [-0.2, 0) is 11.0 Å². The third-order valence-corrected chi connectivity index (χ3v) is 2.25. The van der Waals surface area contributed by atoms with E-state index < -0.39 is 22.7 Å². The number of carbonyl (C=O) groups excluding carboxylic acids is 1. The molecule has 88 valence electrons. The van der Waals surface area contributed by atoms with Crippen molar-refractivity contribution in [2.24, 2.45) is 0 Å². The van der Waals surface area contributed by atoms with E-state index in [4.69, 9.17) is 23.2 Å². The zero-order valence-electron chi connectivity index (χ0n) is 7.74. The second-order valence-electron chi connectivity index (χ2n) is 2.87. The molecule has 1 aromatic carbocycles. The first-order valence-corrected chi connectivity index (χ1v) is 4.98. The maximum Gasteiger partial charge on any atom is 0.417 e. The third-order valence-electron chi connectivity index (χ3n) is 1.68. The first-order chi connectivity index (χ1) is 7.34. The van der Waals surface area contributed by atoms with Gasteiger partial charge in [0.1, 0.15) is 5.88 Å². The van der Waals surface area contributed by atoms with Crippen molar-refractivity contribution in [3.05, 3.63) is 28.8 Å². The van der Waals surface area contributed by atoms with Crippen molar-refractivity contribution in [1.29, 1.82) is 0 Å². The molecule has 1 aromatic rings. The number of nitrogens with one attached hydrogen (secondary N) is 1. The zero-order valence-corrected chi connectivity index (χ0v) is 9.25. The molecule has 1 N–H and O–H groups in total. The van der Waals surface area contributed by atoms with Gasteiger partial charge in [0.2, 0.25) is 5.91 Å². The van der Waals surface area contributed by atoms with E-state index in [1.165, 1.54) is 6.07 Å². The maximum atomic E-state index is 12.4. The van der Waals surface area contributed by atoms with Crippen LogP contribution in [0, 0.1) is 0 Å². The van der Waals surface area contributed by atoms with Crippen LogP contribution in [0.3, 0.4) is 0 Å². The Hall–Kier alpha value is -0.940. The van der Waals surface area contributed by atoms with Gasteiger partial charge in [-0.25, -0.2) is 0 Å². The first kappa shape index (κ1) is 13.1. The minimum atomic E-state index is -4.56. The SMILES string of the molecule is O=C(CCl)Nc1ccc(Cl)c(C(F)(F)F)c1. The number of alkyl halides is 4. The highest BCUT2D eigenvalue weighted by Crippen LogP contribution is 2.36. The van der Waals surface area contributed by atoms with Gasteiger partial charge >= 0.3 is 6.18 Å². The molecule has 0 atom stereocenters. The van der Waals surface area contributed by atoms with E-state index in [0.29, 0.717) is 0 Å². The van der Waals surface area contributed by atoms with Gasteiger partial charge in [-0.3, -0.25) is 4.79 Å². The molecule has 0 aliphatic heterocycles. The van der Waals surface area contributed by atoms with E-state index in [9.17, 15) is 18.0 Å². The fourth-order valence-corrected chi connectivity index (χ4v) is 1.31. The topological polar surface area (TPSA) is 29.1 Å². The van der Waals surface area contributed by atoms with Gasteiger partial charge in [0, 0.05) is 5.69 Å². The smallest absolute Gasteiger partial charge is 0.325 e. The maximum absolute atomic E-state index is 12.4. The molecule has 0 bridgehead atoms. The van der Waals surface area contributed by atoms with Crippen molar-refractivity contribution in [2.45, 2.75) is 6.18 Å². The highest BCUT2D eigenvalue weighted by atomic mass is 35.5. The van der Waals surface area contributed by atoms with Crippen molar-refractivity contribution < 1.29 is 18.0 Å². The Bertz CT molecular complexity index is 406. The molecule has 0 aliphatic rings. The van der Waals surface area contributed by atoms with E-state index in [2.05, 4.69) is 5.32 Å². The van der Waals surface area contributed by atoms with Crippen LogP contribution in [-0.4, -0.2) is 11.8 Å². The minimum Gasteiger partial charge on any atom is -0.325 e. The summed E-state index contributed by atoms with van der Waals surface area (Å²) < 4.78 is 37.3. The van der Waals surface area contributed by atoms with E-state index >= 15 is 0 Å². The van der Waals surface area contributed by atoms with Crippen LogP contribution in [0.5, 0.6) is 0 Å². The van der Waals surface area contributed by atoms with Crippen molar-refractivity contribution in [3.8, 4) is 0 Å². The lowest BCUT2D eigenvalue weighted by Gasteiger charge is -2.11. The average molecular weight is 272 g/mol. The second-order valence-corrected chi connectivity index (χ2v) is 3.55. The predicted molar refractivity (Wildman–Crippen MR) is 55.8 cm³/mol. The predicted octanol–water partition coefficient (Wildman–Crippen LogP) is 3.54. The van der Waals surface area contributed by atoms with E-state index in [0.717, 1.165) is 12.1 Å². The lowest BCUT2D eigenvalue weighted by molar-refractivity contribution is -0.137. The van der Waals surface area contributed by atoms with Crippen LogP contribution in [0.1, 0.15) is 5.56 Å². The molecule has 0 saturated carbocycles. The Morgan fingerprint density at radius 2 is 2.00 bits per heavy atom. The molecule has 0 unspecified atom stereocenters.